The Hall–Kier alpha value is -2.64. The fourth-order valence-corrected chi connectivity index (χ4v) is 2.04. The Kier molecular flexibility index (Phi) is 2.75. The molecule has 0 spiro atoms. The lowest BCUT2D eigenvalue weighted by Gasteiger charge is -2.27. The first-order chi connectivity index (χ1) is 9.28. The van der Waals surface area contributed by atoms with Gasteiger partial charge in [0.25, 0.3) is 0 Å². The number of hydrogen-bond donors (Lipinski definition) is 2. The van der Waals surface area contributed by atoms with Gasteiger partial charge in [0.1, 0.15) is 11.5 Å². The van der Waals surface area contributed by atoms with E-state index in [1.54, 1.807) is 18.5 Å². The van der Waals surface area contributed by atoms with E-state index in [2.05, 4.69) is 24.7 Å². The van der Waals surface area contributed by atoms with Gasteiger partial charge in [-0.05, 0) is 6.07 Å². The fourth-order valence-electron chi connectivity index (χ4n) is 2.04. The molecule has 19 heavy (non-hydrogen) atoms. The standard InChI is InChI=1S/C11H13N7O/c12-10(16-19)8-1-2-14-11(15-8)18-6-5-17-4-3-13-9(17)7-18/h1-4,19H,5-7H2,(H2,12,16). The first-order valence-electron chi connectivity index (χ1n) is 5.84. The molecule has 98 valence electrons. The van der Waals surface area contributed by atoms with Crippen LogP contribution < -0.4 is 10.6 Å². The van der Waals surface area contributed by atoms with E-state index >= 15 is 0 Å². The number of hydrogen-bond acceptors (Lipinski definition) is 6. The summed E-state index contributed by atoms with van der Waals surface area (Å²) in [6.45, 7) is 2.28. The Labute approximate surface area is 109 Å². The Morgan fingerprint density at radius 3 is 3.05 bits per heavy atom. The van der Waals surface area contributed by atoms with E-state index in [1.165, 1.54) is 0 Å². The van der Waals surface area contributed by atoms with Crippen LogP contribution in [0.25, 0.3) is 0 Å². The monoisotopic (exact) mass is 259 g/mol. The number of oxime groups is 1. The molecule has 1 aliphatic rings. The highest BCUT2D eigenvalue weighted by Crippen LogP contribution is 2.16. The van der Waals surface area contributed by atoms with Gasteiger partial charge < -0.3 is 20.4 Å². The maximum Gasteiger partial charge on any atom is 0.226 e. The van der Waals surface area contributed by atoms with Gasteiger partial charge in [-0.1, -0.05) is 5.16 Å². The number of amidine groups is 1. The molecule has 0 amide bonds. The zero-order valence-electron chi connectivity index (χ0n) is 10.1. The lowest BCUT2D eigenvalue weighted by Crippen LogP contribution is -2.35. The van der Waals surface area contributed by atoms with Crippen molar-refractivity contribution in [3.63, 3.8) is 0 Å². The second-order valence-corrected chi connectivity index (χ2v) is 4.19. The molecule has 8 nitrogen and oxygen atoms in total. The molecule has 8 heteroatoms. The summed E-state index contributed by atoms with van der Waals surface area (Å²) in [5.41, 5.74) is 5.93. The number of rotatable bonds is 2. The van der Waals surface area contributed by atoms with Gasteiger partial charge in [-0.15, -0.1) is 0 Å². The third-order valence-corrected chi connectivity index (χ3v) is 3.04. The molecule has 0 saturated carbocycles. The van der Waals surface area contributed by atoms with Gasteiger partial charge >= 0.3 is 0 Å². The predicted molar refractivity (Wildman–Crippen MR) is 67.8 cm³/mol. The van der Waals surface area contributed by atoms with Gasteiger partial charge in [0, 0.05) is 31.7 Å². The second-order valence-electron chi connectivity index (χ2n) is 4.19. The normalized spacial score (nSPS) is 15.4. The van der Waals surface area contributed by atoms with Crippen LogP contribution in [0.1, 0.15) is 11.5 Å². The first-order valence-corrected chi connectivity index (χ1v) is 5.84. The summed E-state index contributed by atoms with van der Waals surface area (Å²) >= 11 is 0. The molecule has 3 heterocycles. The Balaban J connectivity index is 1.88. The van der Waals surface area contributed by atoms with E-state index in [4.69, 9.17) is 10.9 Å². The van der Waals surface area contributed by atoms with Gasteiger partial charge in [0.15, 0.2) is 5.84 Å². The van der Waals surface area contributed by atoms with Gasteiger partial charge in [-0.3, -0.25) is 0 Å². The Morgan fingerprint density at radius 2 is 2.21 bits per heavy atom. The van der Waals surface area contributed by atoms with Crippen molar-refractivity contribution in [2.75, 3.05) is 11.4 Å². The lowest BCUT2D eigenvalue weighted by molar-refractivity contribution is 0.318. The fraction of sp³-hybridized carbons (Fsp3) is 0.273. The summed E-state index contributed by atoms with van der Waals surface area (Å²) in [6, 6.07) is 1.60. The quantitative estimate of drug-likeness (QED) is 0.334. The molecular weight excluding hydrogens is 246 g/mol. The van der Waals surface area contributed by atoms with Crippen molar-refractivity contribution in [1.29, 1.82) is 0 Å². The van der Waals surface area contributed by atoms with E-state index in [0.29, 0.717) is 18.2 Å². The van der Waals surface area contributed by atoms with Crippen molar-refractivity contribution < 1.29 is 5.21 Å². The molecule has 0 radical (unpaired) electrons. The highest BCUT2D eigenvalue weighted by atomic mass is 16.4. The lowest BCUT2D eigenvalue weighted by atomic mass is 10.3. The molecule has 3 N–H and O–H groups in total. The highest BCUT2D eigenvalue weighted by molar-refractivity contribution is 5.95. The summed E-state index contributed by atoms with van der Waals surface area (Å²) in [5.74, 6) is 1.50. The minimum absolute atomic E-state index is 0.0258. The van der Waals surface area contributed by atoms with E-state index < -0.39 is 0 Å². The SMILES string of the molecule is N/C(=N/O)c1ccnc(N2CCn3ccnc3C2)n1. The summed E-state index contributed by atoms with van der Waals surface area (Å²) in [4.78, 5) is 14.8. The second kappa shape index (κ2) is 4.56. The highest BCUT2D eigenvalue weighted by Gasteiger charge is 2.19. The minimum Gasteiger partial charge on any atom is -0.409 e. The predicted octanol–water partition coefficient (Wildman–Crippen LogP) is -0.212. The summed E-state index contributed by atoms with van der Waals surface area (Å²) in [5, 5.41) is 11.6. The van der Waals surface area contributed by atoms with E-state index in [1.807, 2.05) is 11.1 Å². The Bertz CT molecular complexity index is 621. The van der Waals surface area contributed by atoms with E-state index in [-0.39, 0.29) is 5.84 Å². The molecular formula is C11H13N7O. The zero-order valence-corrected chi connectivity index (χ0v) is 10.1. The summed E-state index contributed by atoms with van der Waals surface area (Å²) in [6.07, 6.45) is 5.34. The van der Waals surface area contributed by atoms with Crippen LogP contribution in [-0.2, 0) is 13.1 Å². The summed E-state index contributed by atoms with van der Waals surface area (Å²) in [7, 11) is 0. The molecule has 0 unspecified atom stereocenters. The zero-order chi connectivity index (χ0) is 13.2. The number of nitrogens with zero attached hydrogens (tertiary/aromatic N) is 6. The van der Waals surface area contributed by atoms with Crippen molar-refractivity contribution >= 4 is 11.8 Å². The topological polar surface area (TPSA) is 105 Å². The molecule has 2 aromatic heterocycles. The molecule has 3 rings (SSSR count). The first kappa shape index (κ1) is 11.5. The average Bonchev–Trinajstić information content (AvgIpc) is 2.94. The van der Waals surface area contributed by atoms with Gasteiger partial charge in [-0.2, -0.15) is 0 Å². The Morgan fingerprint density at radius 1 is 1.32 bits per heavy atom. The van der Waals surface area contributed by atoms with Gasteiger partial charge in [0.05, 0.1) is 6.54 Å². The van der Waals surface area contributed by atoms with E-state index in [0.717, 1.165) is 18.9 Å². The maximum absolute atomic E-state index is 8.67. The van der Waals surface area contributed by atoms with Crippen molar-refractivity contribution in [3.05, 3.63) is 36.2 Å². The molecule has 2 aromatic rings. The average molecular weight is 259 g/mol. The van der Waals surface area contributed by atoms with E-state index in [9.17, 15) is 0 Å². The molecule has 0 atom stereocenters. The number of fused-ring (bicyclic) bond motifs is 1. The number of nitrogens with two attached hydrogens (primary N) is 1. The van der Waals surface area contributed by atoms with Gasteiger partial charge in [0.2, 0.25) is 5.95 Å². The van der Waals surface area contributed by atoms with Crippen LogP contribution in [-0.4, -0.2) is 37.1 Å². The summed E-state index contributed by atoms with van der Waals surface area (Å²) < 4.78 is 2.10. The van der Waals surface area contributed by atoms with Crippen LogP contribution in [0, 0.1) is 0 Å². The molecule has 1 aliphatic heterocycles. The molecule has 0 bridgehead atoms. The number of anilines is 1. The third-order valence-electron chi connectivity index (χ3n) is 3.04. The van der Waals surface area contributed by atoms with Gasteiger partial charge in [-0.25, -0.2) is 15.0 Å². The van der Waals surface area contributed by atoms with Crippen molar-refractivity contribution in [2.24, 2.45) is 10.9 Å². The van der Waals surface area contributed by atoms with Crippen LogP contribution in [0.5, 0.6) is 0 Å². The molecule has 0 fully saturated rings. The minimum atomic E-state index is -0.0258. The third kappa shape index (κ3) is 2.07. The smallest absolute Gasteiger partial charge is 0.226 e. The van der Waals surface area contributed by atoms with Crippen molar-refractivity contribution in [1.82, 2.24) is 19.5 Å². The van der Waals surface area contributed by atoms with Crippen LogP contribution in [0.3, 0.4) is 0 Å². The van der Waals surface area contributed by atoms with Crippen LogP contribution in [0.2, 0.25) is 0 Å². The molecule has 0 saturated heterocycles. The van der Waals surface area contributed by atoms with Crippen LogP contribution in [0.4, 0.5) is 5.95 Å². The molecule has 0 aromatic carbocycles. The van der Waals surface area contributed by atoms with Crippen molar-refractivity contribution in [3.8, 4) is 0 Å². The maximum atomic E-state index is 8.67. The van der Waals surface area contributed by atoms with Crippen LogP contribution >= 0.6 is 0 Å². The number of imidazole rings is 1. The molecule has 0 aliphatic carbocycles. The number of aromatic nitrogens is 4. The largest absolute Gasteiger partial charge is 0.409 e. The van der Waals surface area contributed by atoms with Crippen molar-refractivity contribution in [2.45, 2.75) is 13.1 Å². The van der Waals surface area contributed by atoms with Crippen LogP contribution in [0.15, 0.2) is 29.8 Å².